The Hall–Kier alpha value is -2.11. The van der Waals surface area contributed by atoms with Gasteiger partial charge in [-0.15, -0.1) is 0 Å². The van der Waals surface area contributed by atoms with Gasteiger partial charge in [-0.2, -0.15) is 5.10 Å². The molecular weight excluding hydrogens is 246 g/mol. The summed E-state index contributed by atoms with van der Waals surface area (Å²) in [5, 5.41) is 4.06. The average Bonchev–Trinajstić information content (AvgIpc) is 2.94. The van der Waals surface area contributed by atoms with E-state index in [2.05, 4.69) is 10.1 Å². The molecule has 0 aliphatic rings. The van der Waals surface area contributed by atoms with Crippen molar-refractivity contribution in [1.82, 2.24) is 14.8 Å². The van der Waals surface area contributed by atoms with E-state index in [4.69, 9.17) is 9.15 Å². The summed E-state index contributed by atoms with van der Waals surface area (Å²) < 4.78 is 12.2. The Morgan fingerprint density at radius 1 is 1.53 bits per heavy atom. The molecule has 0 saturated heterocycles. The second kappa shape index (κ2) is 5.26. The molecule has 2 heterocycles. The highest BCUT2D eigenvalue weighted by molar-refractivity contribution is 5.88. The third-order valence-corrected chi connectivity index (χ3v) is 2.61. The van der Waals surface area contributed by atoms with Crippen LogP contribution in [0.25, 0.3) is 11.5 Å². The van der Waals surface area contributed by atoms with Gasteiger partial charge in [-0.05, 0) is 12.8 Å². The first kappa shape index (κ1) is 13.3. The topological polar surface area (TPSA) is 70.2 Å². The molecule has 0 aliphatic heterocycles. The predicted octanol–water partition coefficient (Wildman–Crippen LogP) is 2.38. The van der Waals surface area contributed by atoms with Gasteiger partial charge < -0.3 is 9.15 Å². The van der Waals surface area contributed by atoms with E-state index in [0.717, 1.165) is 5.56 Å². The first-order valence-corrected chi connectivity index (χ1v) is 6.19. The zero-order valence-electron chi connectivity index (χ0n) is 11.5. The van der Waals surface area contributed by atoms with E-state index in [9.17, 15) is 4.79 Å². The molecule has 19 heavy (non-hydrogen) atoms. The summed E-state index contributed by atoms with van der Waals surface area (Å²) in [7, 11) is 1.81. The fraction of sp³-hybridized carbons (Fsp3) is 0.462. The van der Waals surface area contributed by atoms with Crippen LogP contribution in [0.3, 0.4) is 0 Å². The number of aromatic nitrogens is 3. The largest absolute Gasteiger partial charge is 0.460 e. The van der Waals surface area contributed by atoms with Gasteiger partial charge in [0.05, 0.1) is 24.1 Å². The summed E-state index contributed by atoms with van der Waals surface area (Å²) in [5.74, 6) is 0.165. The highest BCUT2D eigenvalue weighted by atomic mass is 16.5. The maximum absolute atomic E-state index is 11.8. The van der Waals surface area contributed by atoms with Crippen molar-refractivity contribution < 1.29 is 13.9 Å². The van der Waals surface area contributed by atoms with Gasteiger partial charge in [0.1, 0.15) is 0 Å². The van der Waals surface area contributed by atoms with E-state index in [1.54, 1.807) is 24.0 Å². The molecule has 2 aromatic heterocycles. The monoisotopic (exact) mass is 263 g/mol. The van der Waals surface area contributed by atoms with Crippen LogP contribution in [-0.2, 0) is 11.8 Å². The predicted molar refractivity (Wildman–Crippen MR) is 68.8 cm³/mol. The molecule has 0 fully saturated rings. The fourth-order valence-electron chi connectivity index (χ4n) is 1.72. The van der Waals surface area contributed by atoms with E-state index >= 15 is 0 Å². The van der Waals surface area contributed by atoms with Crippen molar-refractivity contribution in [1.29, 1.82) is 0 Å². The van der Waals surface area contributed by atoms with Crippen molar-refractivity contribution in [2.24, 2.45) is 7.05 Å². The van der Waals surface area contributed by atoms with Crippen LogP contribution in [0.2, 0.25) is 0 Å². The Bertz CT molecular complexity index is 584. The van der Waals surface area contributed by atoms with Crippen LogP contribution in [0.5, 0.6) is 0 Å². The molecule has 0 N–H and O–H groups in total. The molecular formula is C13H17N3O3. The molecule has 0 atom stereocenters. The van der Waals surface area contributed by atoms with Crippen LogP contribution >= 0.6 is 0 Å². The molecule has 0 radical (unpaired) electrons. The van der Waals surface area contributed by atoms with Gasteiger partial charge in [-0.3, -0.25) is 4.68 Å². The van der Waals surface area contributed by atoms with E-state index in [1.807, 2.05) is 20.9 Å². The normalized spacial score (nSPS) is 11.0. The number of aryl methyl sites for hydroxylation is 1. The van der Waals surface area contributed by atoms with Gasteiger partial charge in [-0.1, -0.05) is 13.8 Å². The minimum Gasteiger partial charge on any atom is -0.460 e. The minimum atomic E-state index is -0.478. The molecule has 0 aromatic carbocycles. The summed E-state index contributed by atoms with van der Waals surface area (Å²) in [6.07, 6.45) is 3.43. The lowest BCUT2D eigenvalue weighted by molar-refractivity contribution is 0.0488. The van der Waals surface area contributed by atoms with E-state index in [0.29, 0.717) is 18.2 Å². The van der Waals surface area contributed by atoms with Crippen LogP contribution in [0.1, 0.15) is 42.9 Å². The molecule has 2 aromatic rings. The first-order valence-electron chi connectivity index (χ1n) is 6.19. The van der Waals surface area contributed by atoms with E-state index in [-0.39, 0.29) is 11.7 Å². The molecule has 0 spiro atoms. The van der Waals surface area contributed by atoms with Gasteiger partial charge in [0.15, 0.2) is 0 Å². The summed E-state index contributed by atoms with van der Waals surface area (Å²) >= 11 is 0. The summed E-state index contributed by atoms with van der Waals surface area (Å²) in [6, 6.07) is 0. The third kappa shape index (κ3) is 2.67. The van der Waals surface area contributed by atoms with Crippen LogP contribution in [0.4, 0.5) is 0 Å². The van der Waals surface area contributed by atoms with Gasteiger partial charge in [0.25, 0.3) is 0 Å². The molecule has 102 valence electrons. The second-order valence-corrected chi connectivity index (χ2v) is 4.51. The number of hydrogen-bond acceptors (Lipinski definition) is 5. The van der Waals surface area contributed by atoms with Crippen molar-refractivity contribution in [2.75, 3.05) is 6.61 Å². The molecule has 2 rings (SSSR count). The van der Waals surface area contributed by atoms with Crippen molar-refractivity contribution in [3.05, 3.63) is 23.8 Å². The van der Waals surface area contributed by atoms with Crippen molar-refractivity contribution in [3.63, 3.8) is 0 Å². The Kier molecular flexibility index (Phi) is 3.69. The zero-order chi connectivity index (χ0) is 14.0. The lowest BCUT2D eigenvalue weighted by atomic mass is 10.1. The van der Waals surface area contributed by atoms with E-state index in [1.165, 1.54) is 0 Å². The average molecular weight is 263 g/mol. The number of rotatable bonds is 4. The van der Waals surface area contributed by atoms with E-state index < -0.39 is 5.97 Å². The summed E-state index contributed by atoms with van der Waals surface area (Å²) in [6.45, 7) is 5.96. The highest BCUT2D eigenvalue weighted by Gasteiger charge is 2.24. The Morgan fingerprint density at radius 3 is 2.79 bits per heavy atom. The molecule has 0 unspecified atom stereocenters. The molecule has 0 bridgehead atoms. The van der Waals surface area contributed by atoms with Gasteiger partial charge in [0.2, 0.25) is 11.7 Å². The summed E-state index contributed by atoms with van der Waals surface area (Å²) in [5.41, 5.74) is 1.34. The van der Waals surface area contributed by atoms with Crippen LogP contribution in [-0.4, -0.2) is 27.3 Å². The Morgan fingerprint density at radius 2 is 2.26 bits per heavy atom. The van der Waals surface area contributed by atoms with Crippen molar-refractivity contribution in [3.8, 4) is 11.5 Å². The zero-order valence-corrected chi connectivity index (χ0v) is 11.5. The Labute approximate surface area is 111 Å². The van der Waals surface area contributed by atoms with Crippen molar-refractivity contribution >= 4 is 5.97 Å². The molecule has 6 nitrogen and oxygen atoms in total. The van der Waals surface area contributed by atoms with Crippen LogP contribution in [0.15, 0.2) is 16.8 Å². The first-order chi connectivity index (χ1) is 9.02. The van der Waals surface area contributed by atoms with Crippen LogP contribution in [0, 0.1) is 0 Å². The molecule has 6 heteroatoms. The Balaban J connectivity index is 2.43. The molecule has 0 aliphatic carbocycles. The van der Waals surface area contributed by atoms with Crippen LogP contribution < -0.4 is 0 Å². The number of oxazole rings is 1. The number of esters is 1. The lowest BCUT2D eigenvalue weighted by Crippen LogP contribution is -2.07. The number of carbonyl (C=O) groups excluding carboxylic acids is 1. The maximum Gasteiger partial charge on any atom is 0.376 e. The van der Waals surface area contributed by atoms with Gasteiger partial charge in [0, 0.05) is 13.2 Å². The lowest BCUT2D eigenvalue weighted by Gasteiger charge is -2.02. The van der Waals surface area contributed by atoms with Gasteiger partial charge >= 0.3 is 5.97 Å². The minimum absolute atomic E-state index is 0.0774. The number of carbonyl (C=O) groups is 1. The second-order valence-electron chi connectivity index (χ2n) is 4.51. The number of nitrogens with zero attached hydrogens (tertiary/aromatic N) is 3. The smallest absolute Gasteiger partial charge is 0.376 e. The fourth-order valence-corrected chi connectivity index (χ4v) is 1.72. The molecule has 0 amide bonds. The summed E-state index contributed by atoms with van der Waals surface area (Å²) in [4.78, 5) is 16.2. The third-order valence-electron chi connectivity index (χ3n) is 2.61. The maximum atomic E-state index is 11.8. The quantitative estimate of drug-likeness (QED) is 0.792. The van der Waals surface area contributed by atoms with Gasteiger partial charge in [-0.25, -0.2) is 9.78 Å². The molecule has 0 saturated carbocycles. The van der Waals surface area contributed by atoms with Crippen molar-refractivity contribution in [2.45, 2.75) is 26.7 Å². The SMILES string of the molecule is CCOC(=O)c1oc(-c2cnn(C)c2)nc1C(C)C. The number of hydrogen-bond donors (Lipinski definition) is 0. The standard InChI is InChI=1S/C13H17N3O3/c1-5-18-13(17)11-10(8(2)3)15-12(19-11)9-6-14-16(4)7-9/h6-8H,5H2,1-4H3. The number of ether oxygens (including phenoxy) is 1. The highest BCUT2D eigenvalue weighted by Crippen LogP contribution is 2.26.